The first-order valence-corrected chi connectivity index (χ1v) is 8.03. The standard InChI is InChI=1S/C17H26ClFN2/c1-11(2)15-9-20-16(17(3,4)5)10-21(15)14-7-6-12(19)8-13(14)18/h6-8,11,15-16,20H,9-10H2,1-5H3. The van der Waals surface area contributed by atoms with Gasteiger partial charge in [-0.25, -0.2) is 4.39 Å². The molecule has 0 spiro atoms. The summed E-state index contributed by atoms with van der Waals surface area (Å²) >= 11 is 6.29. The van der Waals surface area contributed by atoms with Gasteiger partial charge in [0.25, 0.3) is 0 Å². The largest absolute Gasteiger partial charge is 0.364 e. The fraction of sp³-hybridized carbons (Fsp3) is 0.647. The minimum Gasteiger partial charge on any atom is -0.364 e. The highest BCUT2D eigenvalue weighted by molar-refractivity contribution is 6.33. The maximum Gasteiger partial charge on any atom is 0.124 e. The molecular formula is C17H26ClFN2. The van der Waals surface area contributed by atoms with Crippen LogP contribution < -0.4 is 10.2 Å². The van der Waals surface area contributed by atoms with E-state index in [-0.39, 0.29) is 11.2 Å². The van der Waals surface area contributed by atoms with E-state index >= 15 is 0 Å². The lowest BCUT2D eigenvalue weighted by molar-refractivity contribution is 0.221. The summed E-state index contributed by atoms with van der Waals surface area (Å²) in [6.45, 7) is 13.0. The van der Waals surface area contributed by atoms with Crippen molar-refractivity contribution in [2.75, 3.05) is 18.0 Å². The third-order valence-electron chi connectivity index (χ3n) is 4.39. The van der Waals surface area contributed by atoms with E-state index in [2.05, 4.69) is 44.8 Å². The molecule has 1 N–H and O–H groups in total. The molecule has 2 atom stereocenters. The molecule has 2 nitrogen and oxygen atoms in total. The van der Waals surface area contributed by atoms with Gasteiger partial charge >= 0.3 is 0 Å². The number of benzene rings is 1. The highest BCUT2D eigenvalue weighted by Crippen LogP contribution is 2.33. The molecule has 1 saturated heterocycles. The van der Waals surface area contributed by atoms with Crippen molar-refractivity contribution < 1.29 is 4.39 Å². The Morgan fingerprint density at radius 2 is 2.00 bits per heavy atom. The molecule has 0 saturated carbocycles. The molecule has 1 aliphatic heterocycles. The first-order chi connectivity index (χ1) is 9.70. The van der Waals surface area contributed by atoms with Crippen molar-refractivity contribution in [2.45, 2.75) is 46.7 Å². The zero-order valence-electron chi connectivity index (χ0n) is 13.6. The van der Waals surface area contributed by atoms with Crippen LogP contribution in [-0.4, -0.2) is 25.2 Å². The Hall–Kier alpha value is -0.800. The van der Waals surface area contributed by atoms with Gasteiger partial charge in [0.15, 0.2) is 0 Å². The molecule has 0 amide bonds. The van der Waals surface area contributed by atoms with Gasteiger partial charge in [0, 0.05) is 25.2 Å². The summed E-state index contributed by atoms with van der Waals surface area (Å²) in [6.07, 6.45) is 0. The predicted octanol–water partition coefficient (Wildman–Crippen LogP) is 4.33. The van der Waals surface area contributed by atoms with E-state index in [1.807, 2.05) is 0 Å². The van der Waals surface area contributed by atoms with Crippen LogP contribution >= 0.6 is 11.6 Å². The SMILES string of the molecule is CC(C)C1CNC(C(C)(C)C)CN1c1ccc(F)cc1Cl. The molecule has 2 rings (SSSR count). The summed E-state index contributed by atoms with van der Waals surface area (Å²) < 4.78 is 13.3. The summed E-state index contributed by atoms with van der Waals surface area (Å²) in [5, 5.41) is 4.16. The van der Waals surface area contributed by atoms with Crippen molar-refractivity contribution in [1.29, 1.82) is 0 Å². The molecule has 118 valence electrons. The van der Waals surface area contributed by atoms with Crippen molar-refractivity contribution in [3.05, 3.63) is 29.0 Å². The first kappa shape index (κ1) is 16.6. The number of anilines is 1. The van der Waals surface area contributed by atoms with Crippen molar-refractivity contribution >= 4 is 17.3 Å². The summed E-state index contributed by atoms with van der Waals surface area (Å²) in [5.74, 6) is 0.215. The third-order valence-corrected chi connectivity index (χ3v) is 4.69. The van der Waals surface area contributed by atoms with Crippen LogP contribution in [-0.2, 0) is 0 Å². The molecule has 1 heterocycles. The Morgan fingerprint density at radius 3 is 2.52 bits per heavy atom. The van der Waals surface area contributed by atoms with E-state index in [1.54, 1.807) is 6.07 Å². The molecular weight excluding hydrogens is 287 g/mol. The van der Waals surface area contributed by atoms with Gasteiger partial charge in [0.2, 0.25) is 0 Å². The Bertz CT molecular complexity index is 496. The Labute approximate surface area is 132 Å². The van der Waals surface area contributed by atoms with Crippen LogP contribution in [0.2, 0.25) is 5.02 Å². The van der Waals surface area contributed by atoms with Gasteiger partial charge in [-0.1, -0.05) is 46.2 Å². The predicted molar refractivity (Wildman–Crippen MR) is 88.6 cm³/mol. The van der Waals surface area contributed by atoms with Crippen LogP contribution in [0.15, 0.2) is 18.2 Å². The zero-order chi connectivity index (χ0) is 15.8. The lowest BCUT2D eigenvalue weighted by Crippen LogP contribution is -2.62. The van der Waals surface area contributed by atoms with Crippen LogP contribution in [0.1, 0.15) is 34.6 Å². The smallest absolute Gasteiger partial charge is 0.124 e. The van der Waals surface area contributed by atoms with E-state index in [4.69, 9.17) is 11.6 Å². The second kappa shape index (κ2) is 6.13. The van der Waals surface area contributed by atoms with Gasteiger partial charge < -0.3 is 10.2 Å². The lowest BCUT2D eigenvalue weighted by atomic mass is 9.83. The molecule has 1 aliphatic rings. The van der Waals surface area contributed by atoms with Crippen LogP contribution in [0.5, 0.6) is 0 Å². The van der Waals surface area contributed by atoms with E-state index in [9.17, 15) is 4.39 Å². The number of nitrogens with zero attached hydrogens (tertiary/aromatic N) is 1. The molecule has 21 heavy (non-hydrogen) atoms. The summed E-state index contributed by atoms with van der Waals surface area (Å²) in [4.78, 5) is 2.35. The zero-order valence-corrected chi connectivity index (χ0v) is 14.3. The number of nitrogens with one attached hydrogen (secondary N) is 1. The maximum absolute atomic E-state index is 13.3. The van der Waals surface area contributed by atoms with Crippen LogP contribution in [0, 0.1) is 17.2 Å². The van der Waals surface area contributed by atoms with Gasteiger partial charge in [-0.3, -0.25) is 0 Å². The molecule has 1 fully saturated rings. The summed E-state index contributed by atoms with van der Waals surface area (Å²) in [7, 11) is 0. The highest BCUT2D eigenvalue weighted by atomic mass is 35.5. The van der Waals surface area contributed by atoms with Gasteiger partial charge in [-0.05, 0) is 29.5 Å². The Kier molecular flexibility index (Phi) is 4.84. The van der Waals surface area contributed by atoms with Crippen LogP contribution in [0.3, 0.4) is 0 Å². The average molecular weight is 313 g/mol. The van der Waals surface area contributed by atoms with Gasteiger partial charge in [-0.2, -0.15) is 0 Å². The third kappa shape index (κ3) is 3.70. The van der Waals surface area contributed by atoms with Crippen LogP contribution in [0.4, 0.5) is 10.1 Å². The normalized spacial score (nSPS) is 23.7. The van der Waals surface area contributed by atoms with Gasteiger partial charge in [0.1, 0.15) is 5.82 Å². The Morgan fingerprint density at radius 1 is 1.33 bits per heavy atom. The molecule has 2 unspecified atom stereocenters. The van der Waals surface area contributed by atoms with E-state index in [0.29, 0.717) is 23.0 Å². The number of halogens is 2. The monoisotopic (exact) mass is 312 g/mol. The van der Waals surface area contributed by atoms with Crippen molar-refractivity contribution in [3.8, 4) is 0 Å². The van der Waals surface area contributed by atoms with Crippen LogP contribution in [0.25, 0.3) is 0 Å². The van der Waals surface area contributed by atoms with Gasteiger partial charge in [-0.15, -0.1) is 0 Å². The molecule has 0 bridgehead atoms. The molecule has 0 aromatic heterocycles. The first-order valence-electron chi connectivity index (χ1n) is 7.65. The topological polar surface area (TPSA) is 15.3 Å². The number of hydrogen-bond acceptors (Lipinski definition) is 2. The average Bonchev–Trinajstić information content (AvgIpc) is 2.37. The number of rotatable bonds is 2. The Balaban J connectivity index is 2.34. The highest BCUT2D eigenvalue weighted by Gasteiger charge is 2.36. The van der Waals surface area contributed by atoms with E-state index < -0.39 is 0 Å². The second-order valence-electron chi connectivity index (χ2n) is 7.39. The van der Waals surface area contributed by atoms with Gasteiger partial charge in [0.05, 0.1) is 10.7 Å². The lowest BCUT2D eigenvalue weighted by Gasteiger charge is -2.47. The molecule has 0 radical (unpaired) electrons. The summed E-state index contributed by atoms with van der Waals surface area (Å²) in [5.41, 5.74) is 1.11. The number of hydrogen-bond donors (Lipinski definition) is 1. The minimum absolute atomic E-state index is 0.173. The molecule has 1 aromatic rings. The fourth-order valence-electron chi connectivity index (χ4n) is 2.94. The minimum atomic E-state index is -0.285. The quantitative estimate of drug-likeness (QED) is 0.874. The van der Waals surface area contributed by atoms with E-state index in [0.717, 1.165) is 18.8 Å². The molecule has 4 heteroatoms. The fourth-order valence-corrected chi connectivity index (χ4v) is 3.21. The van der Waals surface area contributed by atoms with Crippen molar-refractivity contribution in [3.63, 3.8) is 0 Å². The van der Waals surface area contributed by atoms with Crippen molar-refractivity contribution in [2.24, 2.45) is 11.3 Å². The summed E-state index contributed by atoms with van der Waals surface area (Å²) in [6, 6.07) is 5.45. The molecule has 0 aliphatic carbocycles. The van der Waals surface area contributed by atoms with Crippen molar-refractivity contribution in [1.82, 2.24) is 5.32 Å². The number of piperazine rings is 1. The second-order valence-corrected chi connectivity index (χ2v) is 7.79. The molecule has 1 aromatic carbocycles. The van der Waals surface area contributed by atoms with E-state index in [1.165, 1.54) is 12.1 Å². The maximum atomic E-state index is 13.3.